The number of non-ortho nitro benzene ring substituents is 1. The zero-order valence-electron chi connectivity index (χ0n) is 15.1. The van der Waals surface area contributed by atoms with Gasteiger partial charge in [0.15, 0.2) is 5.92 Å². The van der Waals surface area contributed by atoms with Gasteiger partial charge in [0.1, 0.15) is 6.04 Å². The minimum atomic E-state index is -1.18. The van der Waals surface area contributed by atoms with Crippen LogP contribution in [0.5, 0.6) is 0 Å². The van der Waals surface area contributed by atoms with E-state index in [2.05, 4.69) is 10.3 Å². The lowest BCUT2D eigenvalue weighted by molar-refractivity contribution is -0.384. The maximum atomic E-state index is 12.7. The van der Waals surface area contributed by atoms with Crippen molar-refractivity contribution in [2.24, 2.45) is 10.9 Å². The molecule has 2 aliphatic heterocycles. The molecule has 1 fully saturated rings. The lowest BCUT2D eigenvalue weighted by Gasteiger charge is -2.35. The first kappa shape index (κ1) is 18.8. The van der Waals surface area contributed by atoms with E-state index in [1.54, 1.807) is 13.0 Å². The maximum absolute atomic E-state index is 12.7. The molecule has 1 saturated heterocycles. The number of hydrogen-bond donors (Lipinski definition) is 1. The first-order valence-corrected chi connectivity index (χ1v) is 9.06. The average molecular weight is 374 g/mol. The quantitative estimate of drug-likeness (QED) is 0.372. The van der Waals surface area contributed by atoms with Crippen LogP contribution in [-0.4, -0.2) is 47.4 Å². The molecule has 0 radical (unpaired) electrons. The second-order valence-corrected chi connectivity index (χ2v) is 6.52. The Morgan fingerprint density at radius 2 is 2.11 bits per heavy atom. The number of nitrogens with zero attached hydrogens (tertiary/aromatic N) is 3. The van der Waals surface area contributed by atoms with Crippen molar-refractivity contribution in [2.75, 3.05) is 19.7 Å². The van der Waals surface area contributed by atoms with Crippen LogP contribution >= 0.6 is 0 Å². The second-order valence-electron chi connectivity index (χ2n) is 6.52. The third-order valence-corrected chi connectivity index (χ3v) is 4.71. The van der Waals surface area contributed by atoms with Crippen LogP contribution in [0.15, 0.2) is 29.3 Å². The van der Waals surface area contributed by atoms with Gasteiger partial charge in [-0.1, -0.05) is 12.1 Å². The highest BCUT2D eigenvalue weighted by Gasteiger charge is 2.42. The summed E-state index contributed by atoms with van der Waals surface area (Å²) in [5.74, 6) is -1.95. The number of nitro benzene ring substituents is 1. The number of nitro groups is 1. The number of aliphatic imine (C=N–C) groups is 1. The SMILES string of the molecule is CCOC(=O)C1C(=O)NC(N2CCCCC2)=NC1c1cccc([N+](=O)[O-])c1. The van der Waals surface area contributed by atoms with E-state index < -0.39 is 28.8 Å². The third kappa shape index (κ3) is 4.07. The van der Waals surface area contributed by atoms with E-state index in [1.807, 2.05) is 4.90 Å². The van der Waals surface area contributed by atoms with Crippen LogP contribution in [0.1, 0.15) is 37.8 Å². The van der Waals surface area contributed by atoms with Gasteiger partial charge in [-0.05, 0) is 31.7 Å². The fourth-order valence-corrected chi connectivity index (χ4v) is 3.39. The summed E-state index contributed by atoms with van der Waals surface area (Å²) in [6.45, 7) is 3.33. The van der Waals surface area contributed by atoms with Gasteiger partial charge in [-0.15, -0.1) is 0 Å². The summed E-state index contributed by atoms with van der Waals surface area (Å²) in [5, 5.41) is 13.8. The van der Waals surface area contributed by atoms with E-state index in [4.69, 9.17) is 4.74 Å². The highest BCUT2D eigenvalue weighted by Crippen LogP contribution is 2.32. The number of nitrogens with one attached hydrogen (secondary N) is 1. The Kier molecular flexibility index (Phi) is 5.68. The molecule has 2 atom stereocenters. The van der Waals surface area contributed by atoms with Gasteiger partial charge in [0.05, 0.1) is 11.5 Å². The van der Waals surface area contributed by atoms with E-state index in [1.165, 1.54) is 18.2 Å². The molecule has 3 rings (SSSR count). The molecule has 1 amide bonds. The second kappa shape index (κ2) is 8.15. The van der Waals surface area contributed by atoms with Crippen LogP contribution in [0, 0.1) is 16.0 Å². The van der Waals surface area contributed by atoms with Gasteiger partial charge in [0, 0.05) is 25.2 Å². The normalized spacial score (nSPS) is 22.6. The Labute approximate surface area is 156 Å². The Hall–Kier alpha value is -2.97. The van der Waals surface area contributed by atoms with Crippen molar-refractivity contribution < 1.29 is 19.2 Å². The van der Waals surface area contributed by atoms with Gasteiger partial charge >= 0.3 is 5.97 Å². The first-order chi connectivity index (χ1) is 13.0. The number of ether oxygens (including phenoxy) is 1. The van der Waals surface area contributed by atoms with Gasteiger partial charge in [-0.25, -0.2) is 4.99 Å². The lowest BCUT2D eigenvalue weighted by atomic mass is 9.91. The Balaban J connectivity index is 2.01. The molecule has 0 aliphatic carbocycles. The summed E-state index contributed by atoms with van der Waals surface area (Å²) in [6, 6.07) is 5.01. The number of piperidine rings is 1. The molecule has 9 nitrogen and oxygen atoms in total. The molecule has 1 aromatic rings. The molecule has 144 valence electrons. The van der Waals surface area contributed by atoms with Crippen molar-refractivity contribution in [2.45, 2.75) is 32.2 Å². The Bertz CT molecular complexity index is 773. The van der Waals surface area contributed by atoms with Crippen LogP contribution < -0.4 is 5.32 Å². The van der Waals surface area contributed by atoms with E-state index in [0.717, 1.165) is 32.4 Å². The molecular weight excluding hydrogens is 352 g/mol. The van der Waals surface area contributed by atoms with Crippen molar-refractivity contribution in [1.29, 1.82) is 0 Å². The molecule has 0 bridgehead atoms. The summed E-state index contributed by atoms with van der Waals surface area (Å²) >= 11 is 0. The van der Waals surface area contributed by atoms with Crippen molar-refractivity contribution in [1.82, 2.24) is 10.2 Å². The van der Waals surface area contributed by atoms with Crippen molar-refractivity contribution in [3.8, 4) is 0 Å². The molecule has 0 saturated carbocycles. The lowest BCUT2D eigenvalue weighted by Crippen LogP contribution is -2.53. The first-order valence-electron chi connectivity index (χ1n) is 9.06. The molecule has 9 heteroatoms. The van der Waals surface area contributed by atoms with Crippen LogP contribution in [0.25, 0.3) is 0 Å². The van der Waals surface area contributed by atoms with E-state index in [9.17, 15) is 19.7 Å². The Morgan fingerprint density at radius 3 is 2.78 bits per heavy atom. The average Bonchev–Trinajstić information content (AvgIpc) is 2.68. The van der Waals surface area contributed by atoms with Crippen molar-refractivity contribution >= 4 is 23.5 Å². The van der Waals surface area contributed by atoms with Gasteiger partial charge in [0.2, 0.25) is 11.9 Å². The predicted molar refractivity (Wildman–Crippen MR) is 97.0 cm³/mol. The van der Waals surface area contributed by atoms with E-state index in [0.29, 0.717) is 11.5 Å². The molecule has 2 heterocycles. The highest BCUT2D eigenvalue weighted by atomic mass is 16.6. The van der Waals surface area contributed by atoms with Gasteiger partial charge in [-0.3, -0.25) is 25.0 Å². The van der Waals surface area contributed by atoms with Crippen LogP contribution in [0.2, 0.25) is 0 Å². The summed E-state index contributed by atoms with van der Waals surface area (Å²) < 4.78 is 5.05. The minimum Gasteiger partial charge on any atom is -0.465 e. The standard InChI is InChI=1S/C18H22N4O5/c1-2-27-17(24)14-15(12-7-6-8-13(11-12)22(25)26)19-18(20-16(14)23)21-9-4-3-5-10-21/h6-8,11,14-15H,2-5,9-10H2,1H3,(H,19,20,23). The van der Waals surface area contributed by atoms with Gasteiger partial charge in [-0.2, -0.15) is 0 Å². The minimum absolute atomic E-state index is 0.115. The molecule has 0 aromatic heterocycles. The number of rotatable bonds is 4. The molecule has 1 N–H and O–H groups in total. The smallest absolute Gasteiger partial charge is 0.321 e. The summed E-state index contributed by atoms with van der Waals surface area (Å²) in [6.07, 6.45) is 3.12. The summed E-state index contributed by atoms with van der Waals surface area (Å²) in [5.41, 5.74) is 0.322. The molecule has 0 spiro atoms. The summed E-state index contributed by atoms with van der Waals surface area (Å²) in [7, 11) is 0. The zero-order chi connectivity index (χ0) is 19.4. The molecule has 1 aromatic carbocycles. The third-order valence-electron chi connectivity index (χ3n) is 4.71. The molecule has 2 aliphatic rings. The maximum Gasteiger partial charge on any atom is 0.321 e. The number of guanidine groups is 1. The Morgan fingerprint density at radius 1 is 1.37 bits per heavy atom. The van der Waals surface area contributed by atoms with Crippen molar-refractivity contribution in [3.63, 3.8) is 0 Å². The predicted octanol–water partition coefficient (Wildman–Crippen LogP) is 1.79. The number of esters is 1. The van der Waals surface area contributed by atoms with Crippen LogP contribution in [-0.2, 0) is 14.3 Å². The topological polar surface area (TPSA) is 114 Å². The number of carbonyl (C=O) groups excluding carboxylic acids is 2. The number of likely N-dealkylation sites (tertiary alicyclic amines) is 1. The summed E-state index contributed by atoms with van der Waals surface area (Å²) in [4.78, 5) is 42.3. The van der Waals surface area contributed by atoms with E-state index in [-0.39, 0.29) is 12.3 Å². The number of hydrogen-bond acceptors (Lipinski definition) is 7. The van der Waals surface area contributed by atoms with Gasteiger partial charge in [0.25, 0.3) is 5.69 Å². The zero-order valence-corrected chi connectivity index (χ0v) is 15.1. The van der Waals surface area contributed by atoms with Crippen LogP contribution in [0.3, 0.4) is 0 Å². The molecule has 2 unspecified atom stereocenters. The fraction of sp³-hybridized carbons (Fsp3) is 0.500. The molecular formula is C18H22N4O5. The van der Waals surface area contributed by atoms with E-state index >= 15 is 0 Å². The molecule has 27 heavy (non-hydrogen) atoms. The number of benzene rings is 1. The van der Waals surface area contributed by atoms with Crippen molar-refractivity contribution in [3.05, 3.63) is 39.9 Å². The highest BCUT2D eigenvalue weighted by molar-refractivity contribution is 6.08. The van der Waals surface area contributed by atoms with Crippen LogP contribution in [0.4, 0.5) is 5.69 Å². The number of carbonyl (C=O) groups is 2. The number of amides is 1. The fourth-order valence-electron chi connectivity index (χ4n) is 3.39. The van der Waals surface area contributed by atoms with Gasteiger partial charge < -0.3 is 9.64 Å². The largest absolute Gasteiger partial charge is 0.465 e. The monoisotopic (exact) mass is 374 g/mol.